The monoisotopic (exact) mass is 353 g/mol. The Hall–Kier alpha value is -0.643. The van der Waals surface area contributed by atoms with E-state index in [1.807, 2.05) is 13.8 Å². The Morgan fingerprint density at radius 1 is 1.27 bits per heavy atom. The van der Waals surface area contributed by atoms with E-state index in [0.717, 1.165) is 6.26 Å². The molecule has 1 N–H and O–H groups in total. The van der Waals surface area contributed by atoms with Gasteiger partial charge in [-0.2, -0.15) is 8.42 Å². The van der Waals surface area contributed by atoms with Crippen LogP contribution in [-0.2, 0) is 18.7 Å². The molecule has 130 valence electrons. The first-order chi connectivity index (χ1) is 9.71. The van der Waals surface area contributed by atoms with Crippen LogP contribution in [0.3, 0.4) is 0 Å². The van der Waals surface area contributed by atoms with Crippen molar-refractivity contribution >= 4 is 26.0 Å². The number of nitrogens with zero attached hydrogens (tertiary/aromatic N) is 1. The largest absolute Gasteiger partial charge is 0.465 e. The zero-order chi connectivity index (χ0) is 17.3. The molecule has 1 aliphatic rings. The molecule has 7 nitrogen and oxygen atoms in total. The zero-order valence-corrected chi connectivity index (χ0v) is 16.4. The van der Waals surface area contributed by atoms with Crippen molar-refractivity contribution in [1.29, 1.82) is 0 Å². The average molecular weight is 354 g/mol. The maximum atomic E-state index is 11.4. The van der Waals surface area contributed by atoms with Crippen molar-refractivity contribution in [3.63, 3.8) is 0 Å². The van der Waals surface area contributed by atoms with Gasteiger partial charge in [-0.1, -0.05) is 20.8 Å². The van der Waals surface area contributed by atoms with Crippen LogP contribution in [0.5, 0.6) is 0 Å². The van der Waals surface area contributed by atoms with E-state index < -0.39 is 43.7 Å². The van der Waals surface area contributed by atoms with E-state index in [1.54, 1.807) is 0 Å². The summed E-state index contributed by atoms with van der Waals surface area (Å²) in [6, 6.07) is -0.424. The van der Waals surface area contributed by atoms with Gasteiger partial charge in [0, 0.05) is 6.42 Å². The van der Waals surface area contributed by atoms with Crippen LogP contribution in [0.1, 0.15) is 41.0 Å². The van der Waals surface area contributed by atoms with E-state index in [1.165, 1.54) is 4.90 Å². The molecule has 1 aliphatic heterocycles. The number of likely N-dealkylation sites (tertiary alicyclic amines) is 1. The lowest BCUT2D eigenvalue weighted by atomic mass is 9.96. The molecule has 0 aliphatic carbocycles. The van der Waals surface area contributed by atoms with Crippen molar-refractivity contribution in [2.45, 2.75) is 63.8 Å². The van der Waals surface area contributed by atoms with Gasteiger partial charge in [0.15, 0.2) is 9.76 Å². The lowest BCUT2D eigenvalue weighted by Crippen LogP contribution is -2.50. The Kier molecular flexibility index (Phi) is 5.70. The highest BCUT2D eigenvalue weighted by atomic mass is 32.2. The smallest absolute Gasteiger partial charge is 0.407 e. The van der Waals surface area contributed by atoms with Crippen LogP contribution < -0.4 is 0 Å². The Morgan fingerprint density at radius 2 is 1.82 bits per heavy atom. The van der Waals surface area contributed by atoms with Crippen molar-refractivity contribution in [1.82, 2.24) is 4.90 Å². The summed E-state index contributed by atoms with van der Waals surface area (Å²) in [5.41, 5.74) is -0.673. The van der Waals surface area contributed by atoms with E-state index in [-0.39, 0.29) is 11.6 Å². The molecule has 1 amide bonds. The van der Waals surface area contributed by atoms with Gasteiger partial charge in [0.25, 0.3) is 10.1 Å². The minimum absolute atomic E-state index is 0.0386. The Morgan fingerprint density at radius 3 is 2.23 bits per heavy atom. The van der Waals surface area contributed by atoms with Crippen LogP contribution in [0, 0.1) is 0 Å². The van der Waals surface area contributed by atoms with Gasteiger partial charge in [-0.25, -0.2) is 4.79 Å². The number of amides is 1. The third-order valence-electron chi connectivity index (χ3n) is 3.50. The number of rotatable bonds is 5. The van der Waals surface area contributed by atoms with Gasteiger partial charge in [0.2, 0.25) is 0 Å². The molecule has 0 spiro atoms. The summed E-state index contributed by atoms with van der Waals surface area (Å²) >= 11 is 0. The molecule has 1 saturated heterocycles. The number of carboxylic acid groups (broad SMARTS) is 1. The average Bonchev–Trinajstić information content (AvgIpc) is 2.68. The van der Waals surface area contributed by atoms with E-state index >= 15 is 0 Å². The van der Waals surface area contributed by atoms with E-state index in [0.29, 0.717) is 6.42 Å². The van der Waals surface area contributed by atoms with Crippen molar-refractivity contribution in [2.75, 3.05) is 12.8 Å². The molecule has 0 bridgehead atoms. The van der Waals surface area contributed by atoms with E-state index in [4.69, 9.17) is 8.61 Å². The van der Waals surface area contributed by atoms with Crippen molar-refractivity contribution in [3.05, 3.63) is 0 Å². The summed E-state index contributed by atoms with van der Waals surface area (Å²) in [6.07, 6.45) is -0.459. The lowest BCUT2D eigenvalue weighted by molar-refractivity contribution is 0.0220. The first-order valence-electron chi connectivity index (χ1n) is 7.23. The molecule has 1 heterocycles. The first kappa shape index (κ1) is 19.4. The number of carbonyl (C=O) groups is 1. The van der Waals surface area contributed by atoms with Gasteiger partial charge in [0.1, 0.15) is 0 Å². The summed E-state index contributed by atoms with van der Waals surface area (Å²) in [5.74, 6) is 0. The summed E-state index contributed by atoms with van der Waals surface area (Å²) < 4.78 is 33.6. The molecule has 9 heteroatoms. The first-order valence-corrected chi connectivity index (χ1v) is 10.3. The fourth-order valence-electron chi connectivity index (χ4n) is 2.48. The van der Waals surface area contributed by atoms with Crippen LogP contribution >= 0.6 is 0 Å². The lowest BCUT2D eigenvalue weighted by Gasteiger charge is -2.38. The molecule has 1 rings (SSSR count). The van der Waals surface area contributed by atoms with Gasteiger partial charge < -0.3 is 9.53 Å². The molecule has 0 radical (unpaired) electrons. The highest BCUT2D eigenvalue weighted by molar-refractivity contribution is 7.86. The molecule has 2 atom stereocenters. The Labute approximate surface area is 135 Å². The summed E-state index contributed by atoms with van der Waals surface area (Å²) in [4.78, 5) is 12.7. The maximum Gasteiger partial charge on any atom is 0.407 e. The number of hydrogen-bond donors (Lipinski definition) is 1. The fraction of sp³-hybridized carbons (Fsp3) is 0.923. The topological polar surface area (TPSA) is 93.1 Å². The van der Waals surface area contributed by atoms with E-state index in [9.17, 15) is 18.3 Å². The van der Waals surface area contributed by atoms with Crippen LogP contribution in [0.25, 0.3) is 0 Å². The third-order valence-corrected chi connectivity index (χ3v) is 5.88. The number of hydrogen-bond acceptors (Lipinski definition) is 5. The summed E-state index contributed by atoms with van der Waals surface area (Å²) in [7, 11) is -4.48. The highest BCUT2D eigenvalue weighted by Gasteiger charge is 2.46. The van der Waals surface area contributed by atoms with Gasteiger partial charge in [-0.15, -0.1) is 0 Å². The highest BCUT2D eigenvalue weighted by Crippen LogP contribution is 2.33. The fourth-order valence-corrected chi connectivity index (χ4v) is 4.11. The predicted molar refractivity (Wildman–Crippen MR) is 86.3 cm³/mol. The quantitative estimate of drug-likeness (QED) is 0.589. The van der Waals surface area contributed by atoms with Crippen LogP contribution in [0.4, 0.5) is 4.79 Å². The Bertz CT molecular complexity index is 513. The van der Waals surface area contributed by atoms with E-state index in [2.05, 4.69) is 20.8 Å². The molecular formula is C13H27NO6SSi. The SMILES string of the molecule is CC(C)(C)[SiH2]OC(C)(C)C1CC(OS(C)(=O)=O)CN1C(=O)O. The molecule has 0 aromatic carbocycles. The van der Waals surface area contributed by atoms with Crippen molar-refractivity contribution < 1.29 is 26.9 Å². The molecule has 1 fully saturated rings. The third kappa shape index (κ3) is 5.86. The second kappa shape index (κ2) is 6.46. The minimum Gasteiger partial charge on any atom is -0.465 e. The molecule has 2 unspecified atom stereocenters. The zero-order valence-electron chi connectivity index (χ0n) is 14.1. The normalized spacial score (nSPS) is 24.4. The van der Waals surface area contributed by atoms with Gasteiger partial charge in [-0.3, -0.25) is 9.08 Å². The molecule has 22 heavy (non-hydrogen) atoms. The van der Waals surface area contributed by atoms with Gasteiger partial charge in [0.05, 0.1) is 30.5 Å². The molecule has 0 aromatic heterocycles. The van der Waals surface area contributed by atoms with Gasteiger partial charge >= 0.3 is 6.09 Å². The van der Waals surface area contributed by atoms with Crippen LogP contribution in [-0.4, -0.2) is 64.8 Å². The molecule has 0 saturated carbocycles. The second-order valence-electron chi connectivity index (χ2n) is 7.56. The van der Waals surface area contributed by atoms with Crippen molar-refractivity contribution in [3.8, 4) is 0 Å². The maximum absolute atomic E-state index is 11.4. The predicted octanol–water partition coefficient (Wildman–Crippen LogP) is 1.18. The Balaban J connectivity index is 2.87. The standard InChI is InChI=1S/C13H27NO6SSi/c1-12(2,3)22-20-13(4,5)10-7-9(19-21(6,17)18)8-14(10)11(15)16/h9-10H,7-8,22H2,1-6H3,(H,15,16). The summed E-state index contributed by atoms with van der Waals surface area (Å²) in [6.45, 7) is 10.0. The van der Waals surface area contributed by atoms with Crippen molar-refractivity contribution in [2.24, 2.45) is 0 Å². The summed E-state index contributed by atoms with van der Waals surface area (Å²) in [5, 5.41) is 9.46. The molecular weight excluding hydrogens is 326 g/mol. The van der Waals surface area contributed by atoms with Crippen LogP contribution in [0.2, 0.25) is 5.04 Å². The van der Waals surface area contributed by atoms with Gasteiger partial charge in [-0.05, 0) is 18.9 Å². The molecule has 0 aromatic rings. The second-order valence-corrected chi connectivity index (χ2v) is 11.9. The minimum atomic E-state index is -3.61. The van der Waals surface area contributed by atoms with Crippen LogP contribution in [0.15, 0.2) is 0 Å².